The van der Waals surface area contributed by atoms with Gasteiger partial charge < -0.3 is 10.4 Å². The average Bonchev–Trinajstić information content (AvgIpc) is 2.21. The van der Waals surface area contributed by atoms with Gasteiger partial charge in [-0.2, -0.15) is 0 Å². The van der Waals surface area contributed by atoms with Crippen molar-refractivity contribution in [2.24, 2.45) is 5.41 Å². The number of aliphatic hydroxyl groups is 1. The number of hydrogen-bond acceptors (Lipinski definition) is 2. The molecular formula is C12H21NO2. The molecule has 2 N–H and O–H groups in total. The number of carbonyl (C=O) groups is 1. The van der Waals surface area contributed by atoms with E-state index in [4.69, 9.17) is 11.5 Å². The average molecular weight is 211 g/mol. The summed E-state index contributed by atoms with van der Waals surface area (Å²) in [6, 6.07) is 0. The Morgan fingerprint density at radius 3 is 2.73 bits per heavy atom. The Balaban J connectivity index is 3.72. The maximum Gasteiger partial charge on any atom is 0.220 e. The van der Waals surface area contributed by atoms with Crippen molar-refractivity contribution in [3.63, 3.8) is 0 Å². The highest BCUT2D eigenvalue weighted by Crippen LogP contribution is 2.20. The number of amides is 1. The number of carbonyl (C=O) groups excluding carboxylic acids is 1. The van der Waals surface area contributed by atoms with Crippen LogP contribution in [0.3, 0.4) is 0 Å². The van der Waals surface area contributed by atoms with E-state index in [0.29, 0.717) is 19.4 Å². The Morgan fingerprint density at radius 1 is 1.53 bits per heavy atom. The topological polar surface area (TPSA) is 49.3 Å². The summed E-state index contributed by atoms with van der Waals surface area (Å²) in [5.74, 6) is 2.44. The molecule has 0 unspecified atom stereocenters. The molecule has 15 heavy (non-hydrogen) atoms. The van der Waals surface area contributed by atoms with Crippen molar-refractivity contribution in [2.75, 3.05) is 13.2 Å². The molecule has 0 spiro atoms. The fourth-order valence-electron chi connectivity index (χ4n) is 1.26. The normalized spacial score (nSPS) is 10.8. The molecule has 0 bridgehead atoms. The third kappa shape index (κ3) is 8.02. The van der Waals surface area contributed by atoms with E-state index in [9.17, 15) is 4.79 Å². The van der Waals surface area contributed by atoms with Crippen molar-refractivity contribution >= 4 is 5.91 Å². The van der Waals surface area contributed by atoms with Crippen molar-refractivity contribution < 1.29 is 9.90 Å². The Morgan fingerprint density at radius 2 is 2.20 bits per heavy atom. The van der Waals surface area contributed by atoms with Crippen molar-refractivity contribution in [2.45, 2.75) is 39.5 Å². The van der Waals surface area contributed by atoms with Crippen LogP contribution in [0.1, 0.15) is 39.5 Å². The van der Waals surface area contributed by atoms with Gasteiger partial charge in [-0.15, -0.1) is 12.3 Å². The summed E-state index contributed by atoms with van der Waals surface area (Å²) < 4.78 is 0. The predicted molar refractivity (Wildman–Crippen MR) is 61.2 cm³/mol. The maximum absolute atomic E-state index is 11.3. The van der Waals surface area contributed by atoms with Gasteiger partial charge in [-0.25, -0.2) is 0 Å². The van der Waals surface area contributed by atoms with Gasteiger partial charge in [-0.1, -0.05) is 13.8 Å². The van der Waals surface area contributed by atoms with Crippen LogP contribution in [0, 0.1) is 17.8 Å². The molecule has 0 aliphatic heterocycles. The maximum atomic E-state index is 11.3. The summed E-state index contributed by atoms with van der Waals surface area (Å²) in [4.78, 5) is 11.3. The molecule has 3 nitrogen and oxygen atoms in total. The highest BCUT2D eigenvalue weighted by atomic mass is 16.2. The SMILES string of the molecule is C#CCCC(=O)NCC(C)(C)CCCO. The summed E-state index contributed by atoms with van der Waals surface area (Å²) in [5.41, 5.74) is 0.0362. The van der Waals surface area contributed by atoms with E-state index in [2.05, 4.69) is 25.1 Å². The van der Waals surface area contributed by atoms with Gasteiger partial charge in [-0.05, 0) is 18.3 Å². The van der Waals surface area contributed by atoms with Crippen LogP contribution >= 0.6 is 0 Å². The highest BCUT2D eigenvalue weighted by molar-refractivity contribution is 5.76. The van der Waals surface area contributed by atoms with Gasteiger partial charge in [0, 0.05) is 26.0 Å². The molecular weight excluding hydrogens is 190 g/mol. The number of aliphatic hydroxyl groups excluding tert-OH is 1. The van der Waals surface area contributed by atoms with Crippen LogP contribution in [0.25, 0.3) is 0 Å². The van der Waals surface area contributed by atoms with E-state index in [1.165, 1.54) is 0 Å². The third-order valence-electron chi connectivity index (χ3n) is 2.27. The molecule has 0 saturated heterocycles. The first kappa shape index (κ1) is 14.0. The smallest absolute Gasteiger partial charge is 0.220 e. The lowest BCUT2D eigenvalue weighted by molar-refractivity contribution is -0.121. The first-order valence-corrected chi connectivity index (χ1v) is 5.33. The molecule has 0 aromatic heterocycles. The minimum Gasteiger partial charge on any atom is -0.396 e. The molecule has 0 aliphatic rings. The standard InChI is InChI=1S/C12H21NO2/c1-4-5-7-11(15)13-10-12(2,3)8-6-9-14/h1,14H,5-10H2,2-3H3,(H,13,15). The van der Waals surface area contributed by atoms with Crippen molar-refractivity contribution in [1.29, 1.82) is 0 Å². The molecule has 0 aromatic rings. The van der Waals surface area contributed by atoms with Crippen LogP contribution in [0.2, 0.25) is 0 Å². The second-order valence-corrected chi connectivity index (χ2v) is 4.47. The molecule has 0 atom stereocenters. The van der Waals surface area contributed by atoms with E-state index in [1.54, 1.807) is 0 Å². The Hall–Kier alpha value is -1.01. The Bertz CT molecular complexity index is 228. The molecule has 0 radical (unpaired) electrons. The summed E-state index contributed by atoms with van der Waals surface area (Å²) in [7, 11) is 0. The van der Waals surface area contributed by atoms with E-state index in [0.717, 1.165) is 12.8 Å². The van der Waals surface area contributed by atoms with E-state index < -0.39 is 0 Å². The monoisotopic (exact) mass is 211 g/mol. The third-order valence-corrected chi connectivity index (χ3v) is 2.27. The van der Waals surface area contributed by atoms with E-state index in [1.807, 2.05) is 0 Å². The van der Waals surface area contributed by atoms with Gasteiger partial charge in [0.05, 0.1) is 0 Å². The zero-order chi connectivity index (χ0) is 11.7. The van der Waals surface area contributed by atoms with Gasteiger partial charge in [0.1, 0.15) is 0 Å². The fourth-order valence-corrected chi connectivity index (χ4v) is 1.26. The molecule has 0 saturated carbocycles. The molecule has 0 fully saturated rings. The fraction of sp³-hybridized carbons (Fsp3) is 0.750. The lowest BCUT2D eigenvalue weighted by atomic mass is 9.88. The molecule has 3 heteroatoms. The lowest BCUT2D eigenvalue weighted by Gasteiger charge is -2.24. The Labute approximate surface area is 92.3 Å². The first-order valence-electron chi connectivity index (χ1n) is 5.33. The van der Waals surface area contributed by atoms with Crippen molar-refractivity contribution in [1.82, 2.24) is 5.32 Å². The largest absolute Gasteiger partial charge is 0.396 e. The van der Waals surface area contributed by atoms with Gasteiger partial charge in [-0.3, -0.25) is 4.79 Å². The summed E-state index contributed by atoms with van der Waals surface area (Å²) in [6.07, 6.45) is 7.62. The van der Waals surface area contributed by atoms with Crippen LogP contribution in [0.15, 0.2) is 0 Å². The molecule has 0 aromatic carbocycles. The van der Waals surface area contributed by atoms with Crippen LogP contribution in [-0.2, 0) is 4.79 Å². The summed E-state index contributed by atoms with van der Waals surface area (Å²) in [6.45, 7) is 4.99. The molecule has 0 heterocycles. The molecule has 0 aliphatic carbocycles. The van der Waals surface area contributed by atoms with E-state index in [-0.39, 0.29) is 17.9 Å². The van der Waals surface area contributed by atoms with Crippen LogP contribution in [0.4, 0.5) is 0 Å². The van der Waals surface area contributed by atoms with Gasteiger partial charge in [0.15, 0.2) is 0 Å². The number of terminal acetylenes is 1. The van der Waals surface area contributed by atoms with Crippen LogP contribution in [-0.4, -0.2) is 24.2 Å². The second kappa shape index (κ2) is 7.30. The molecule has 0 rings (SSSR count). The predicted octanol–water partition coefficient (Wildman–Crippen LogP) is 1.31. The van der Waals surface area contributed by atoms with Crippen molar-refractivity contribution in [3.8, 4) is 12.3 Å². The Kier molecular flexibility index (Phi) is 6.81. The zero-order valence-corrected chi connectivity index (χ0v) is 9.68. The summed E-state index contributed by atoms with van der Waals surface area (Å²) in [5, 5.41) is 11.6. The van der Waals surface area contributed by atoms with Crippen LogP contribution < -0.4 is 5.32 Å². The quantitative estimate of drug-likeness (QED) is 0.624. The number of nitrogens with one attached hydrogen (secondary N) is 1. The number of rotatable bonds is 7. The highest BCUT2D eigenvalue weighted by Gasteiger charge is 2.17. The minimum absolute atomic E-state index is 0.00465. The molecule has 86 valence electrons. The van der Waals surface area contributed by atoms with Crippen LogP contribution in [0.5, 0.6) is 0 Å². The van der Waals surface area contributed by atoms with Gasteiger partial charge in [0.25, 0.3) is 0 Å². The van der Waals surface area contributed by atoms with Gasteiger partial charge >= 0.3 is 0 Å². The van der Waals surface area contributed by atoms with E-state index >= 15 is 0 Å². The van der Waals surface area contributed by atoms with Crippen molar-refractivity contribution in [3.05, 3.63) is 0 Å². The lowest BCUT2D eigenvalue weighted by Crippen LogP contribution is -2.33. The first-order chi connectivity index (χ1) is 7.02. The second-order valence-electron chi connectivity index (χ2n) is 4.47. The summed E-state index contributed by atoms with van der Waals surface area (Å²) >= 11 is 0. The number of hydrogen-bond donors (Lipinski definition) is 2. The minimum atomic E-state index is 0.00465. The zero-order valence-electron chi connectivity index (χ0n) is 9.68. The molecule has 1 amide bonds. The van der Waals surface area contributed by atoms with Gasteiger partial charge in [0.2, 0.25) is 5.91 Å².